The molecule has 0 unspecified atom stereocenters. The Hall–Kier alpha value is -5.08. The minimum Gasteiger partial charge on any atom is -0.456 e. The van der Waals surface area contributed by atoms with Crippen LogP contribution in [0.2, 0.25) is 0 Å². The van der Waals surface area contributed by atoms with Crippen LogP contribution in [-0.2, 0) is 21.7 Å². The Morgan fingerprint density at radius 1 is 0.472 bits per heavy atom. The van der Waals surface area contributed by atoms with Crippen LogP contribution in [-0.4, -0.2) is 0 Å². The Bertz CT molecular complexity index is 2510. The van der Waals surface area contributed by atoms with Gasteiger partial charge in [0.05, 0.1) is 11.1 Å². The molecule has 0 bridgehead atoms. The van der Waals surface area contributed by atoms with E-state index in [1.165, 1.54) is 55.5 Å². The molecule has 0 amide bonds. The Labute approximate surface area is 316 Å². The second-order valence-corrected chi connectivity index (χ2v) is 18.8. The Morgan fingerprint density at radius 3 is 1.72 bits per heavy atom. The summed E-state index contributed by atoms with van der Waals surface area (Å²) in [5.74, 6) is 0. The highest BCUT2D eigenvalue weighted by molar-refractivity contribution is 6.15. The molecule has 1 aliphatic carbocycles. The summed E-state index contributed by atoms with van der Waals surface area (Å²) in [6.07, 6.45) is 0. The molecule has 2 heteroatoms. The van der Waals surface area contributed by atoms with Crippen molar-refractivity contribution in [2.24, 2.45) is 0 Å². The Kier molecular flexibility index (Phi) is 7.90. The van der Waals surface area contributed by atoms with E-state index in [2.05, 4.69) is 202 Å². The molecule has 8 rings (SSSR count). The maximum absolute atomic E-state index is 6.82. The van der Waals surface area contributed by atoms with Gasteiger partial charge in [-0.15, -0.1) is 0 Å². The SMILES string of the molecule is CC(C)(C)c1ccc(-c2ccc(N(c3ccc4c(c3)C(C)(C)c3ccccc3-4)c3cccc4oc5cc(C(C)(C)C)cc(C(C)(C)C)c5c34)cc2)cc1. The van der Waals surface area contributed by atoms with Crippen molar-refractivity contribution in [1.29, 1.82) is 0 Å². The molecule has 0 atom stereocenters. The molecule has 268 valence electrons. The normalized spacial score (nSPS) is 14.1. The first kappa shape index (κ1) is 35.0. The second kappa shape index (κ2) is 12.0. The fourth-order valence-electron chi connectivity index (χ4n) is 8.36. The lowest BCUT2D eigenvalue weighted by Gasteiger charge is -2.29. The molecule has 6 aromatic carbocycles. The minimum atomic E-state index is -0.117. The van der Waals surface area contributed by atoms with E-state index in [0.29, 0.717) is 0 Å². The zero-order valence-electron chi connectivity index (χ0n) is 33.4. The third-order valence-electron chi connectivity index (χ3n) is 11.5. The number of furan rings is 1. The molecular formula is C51H53NO. The van der Waals surface area contributed by atoms with Crippen LogP contribution in [0.3, 0.4) is 0 Å². The summed E-state index contributed by atoms with van der Waals surface area (Å²) in [5, 5.41) is 2.35. The highest BCUT2D eigenvalue weighted by Gasteiger charge is 2.36. The van der Waals surface area contributed by atoms with Gasteiger partial charge in [0.2, 0.25) is 0 Å². The molecule has 0 saturated carbocycles. The fourth-order valence-corrected chi connectivity index (χ4v) is 8.36. The monoisotopic (exact) mass is 695 g/mol. The fraction of sp³-hybridized carbons (Fsp3) is 0.294. The zero-order chi connectivity index (χ0) is 37.7. The van der Waals surface area contributed by atoms with Crippen molar-refractivity contribution in [3.8, 4) is 22.3 Å². The van der Waals surface area contributed by atoms with E-state index in [0.717, 1.165) is 33.6 Å². The second-order valence-electron chi connectivity index (χ2n) is 18.8. The van der Waals surface area contributed by atoms with Crippen molar-refractivity contribution in [3.05, 3.63) is 149 Å². The van der Waals surface area contributed by atoms with Gasteiger partial charge in [-0.05, 0) is 109 Å². The van der Waals surface area contributed by atoms with E-state index in [4.69, 9.17) is 4.42 Å². The van der Waals surface area contributed by atoms with Crippen LogP contribution in [0.15, 0.2) is 126 Å². The Balaban J connectivity index is 1.36. The number of hydrogen-bond acceptors (Lipinski definition) is 2. The topological polar surface area (TPSA) is 16.4 Å². The summed E-state index contributed by atoms with van der Waals surface area (Å²) in [4.78, 5) is 2.45. The van der Waals surface area contributed by atoms with Crippen molar-refractivity contribution in [2.45, 2.75) is 97.8 Å². The van der Waals surface area contributed by atoms with Gasteiger partial charge in [0.15, 0.2) is 0 Å². The van der Waals surface area contributed by atoms with E-state index in [1.807, 2.05) is 0 Å². The lowest BCUT2D eigenvalue weighted by Crippen LogP contribution is -2.17. The van der Waals surface area contributed by atoms with Crippen LogP contribution in [0.1, 0.15) is 104 Å². The van der Waals surface area contributed by atoms with Crippen molar-refractivity contribution in [2.75, 3.05) is 4.90 Å². The summed E-state index contributed by atoms with van der Waals surface area (Å²) in [7, 11) is 0. The van der Waals surface area contributed by atoms with Crippen LogP contribution < -0.4 is 4.90 Å². The number of rotatable bonds is 4. The maximum atomic E-state index is 6.82. The molecule has 1 heterocycles. The minimum absolute atomic E-state index is 0.00829. The maximum Gasteiger partial charge on any atom is 0.137 e. The number of fused-ring (bicyclic) bond motifs is 6. The number of anilines is 3. The van der Waals surface area contributed by atoms with E-state index in [1.54, 1.807) is 0 Å². The molecule has 0 aliphatic heterocycles. The van der Waals surface area contributed by atoms with Crippen LogP contribution in [0.5, 0.6) is 0 Å². The van der Waals surface area contributed by atoms with E-state index in [-0.39, 0.29) is 21.7 Å². The first-order chi connectivity index (χ1) is 24.9. The van der Waals surface area contributed by atoms with Gasteiger partial charge < -0.3 is 9.32 Å². The van der Waals surface area contributed by atoms with E-state index >= 15 is 0 Å². The summed E-state index contributed by atoms with van der Waals surface area (Å²) >= 11 is 0. The molecular weight excluding hydrogens is 643 g/mol. The number of nitrogens with zero attached hydrogens (tertiary/aromatic N) is 1. The molecule has 0 N–H and O–H groups in total. The molecule has 0 fully saturated rings. The van der Waals surface area contributed by atoms with Crippen LogP contribution in [0.25, 0.3) is 44.2 Å². The first-order valence-electron chi connectivity index (χ1n) is 19.2. The summed E-state index contributed by atoms with van der Waals surface area (Å²) in [5.41, 5.74) is 16.9. The molecule has 7 aromatic rings. The highest BCUT2D eigenvalue weighted by Crippen LogP contribution is 2.52. The average Bonchev–Trinajstić information content (AvgIpc) is 3.60. The predicted octanol–water partition coefficient (Wildman–Crippen LogP) is 14.9. The van der Waals surface area contributed by atoms with Gasteiger partial charge in [0.25, 0.3) is 0 Å². The standard InChI is InChI=1S/C51H53NO/c1-48(2,3)34-23-19-32(20-24-34)33-21-25-36(26-22-33)52(37-27-28-39-38-15-12-13-16-40(38)51(10,11)41(39)31-37)43-17-14-18-44-47(43)46-42(50(7,8)9)29-35(49(4,5)6)30-45(46)53-44/h12-31H,1-11H3. The van der Waals surface area contributed by atoms with Crippen molar-refractivity contribution in [3.63, 3.8) is 0 Å². The number of hydrogen-bond donors (Lipinski definition) is 0. The summed E-state index contributed by atoms with van der Waals surface area (Å²) < 4.78 is 6.82. The van der Waals surface area contributed by atoms with Gasteiger partial charge >= 0.3 is 0 Å². The lowest BCUT2D eigenvalue weighted by molar-refractivity contribution is 0.569. The first-order valence-corrected chi connectivity index (χ1v) is 19.2. The zero-order valence-corrected chi connectivity index (χ0v) is 33.4. The van der Waals surface area contributed by atoms with Gasteiger partial charge in [-0.1, -0.05) is 155 Å². The molecule has 0 spiro atoms. The predicted molar refractivity (Wildman–Crippen MR) is 228 cm³/mol. The van der Waals surface area contributed by atoms with Crippen LogP contribution in [0, 0.1) is 0 Å². The van der Waals surface area contributed by atoms with Crippen LogP contribution >= 0.6 is 0 Å². The molecule has 0 radical (unpaired) electrons. The van der Waals surface area contributed by atoms with Gasteiger partial charge in [0, 0.05) is 22.2 Å². The van der Waals surface area contributed by atoms with Gasteiger partial charge in [-0.3, -0.25) is 0 Å². The van der Waals surface area contributed by atoms with Gasteiger partial charge in [-0.2, -0.15) is 0 Å². The molecule has 1 aromatic heterocycles. The molecule has 0 saturated heterocycles. The molecule has 53 heavy (non-hydrogen) atoms. The highest BCUT2D eigenvalue weighted by atomic mass is 16.3. The molecule has 1 aliphatic rings. The van der Waals surface area contributed by atoms with E-state index < -0.39 is 0 Å². The summed E-state index contributed by atoms with van der Waals surface area (Å²) in [6, 6.07) is 45.3. The van der Waals surface area contributed by atoms with Crippen molar-refractivity contribution in [1.82, 2.24) is 0 Å². The van der Waals surface area contributed by atoms with Crippen molar-refractivity contribution >= 4 is 39.0 Å². The summed E-state index contributed by atoms with van der Waals surface area (Å²) in [6.45, 7) is 25.3. The smallest absolute Gasteiger partial charge is 0.137 e. The third-order valence-corrected chi connectivity index (χ3v) is 11.5. The largest absolute Gasteiger partial charge is 0.456 e. The van der Waals surface area contributed by atoms with Crippen molar-refractivity contribution < 1.29 is 4.42 Å². The van der Waals surface area contributed by atoms with Gasteiger partial charge in [0.1, 0.15) is 11.2 Å². The van der Waals surface area contributed by atoms with E-state index in [9.17, 15) is 0 Å². The third kappa shape index (κ3) is 5.88. The quantitative estimate of drug-likeness (QED) is 0.182. The average molecular weight is 696 g/mol. The number of benzene rings is 6. The Morgan fingerprint density at radius 2 is 1.08 bits per heavy atom. The lowest BCUT2D eigenvalue weighted by atomic mass is 9.78. The van der Waals surface area contributed by atoms with Crippen LogP contribution in [0.4, 0.5) is 17.1 Å². The molecule has 2 nitrogen and oxygen atoms in total. The van der Waals surface area contributed by atoms with Gasteiger partial charge in [-0.25, -0.2) is 0 Å².